The molecule has 2 N–H and O–H groups in total. The van der Waals surface area contributed by atoms with Gasteiger partial charge in [0, 0.05) is 42.6 Å². The number of fused-ring (bicyclic) bond motifs is 1. The molecule has 0 bridgehead atoms. The molecule has 2 aromatic carbocycles. The van der Waals surface area contributed by atoms with E-state index < -0.39 is 0 Å². The second kappa shape index (κ2) is 12.2. The molecule has 8 heteroatoms. The number of morpholine rings is 1. The summed E-state index contributed by atoms with van der Waals surface area (Å²) in [7, 11) is 0. The molecular weight excluding hydrogens is 460 g/mol. The van der Waals surface area contributed by atoms with E-state index >= 15 is 0 Å². The van der Waals surface area contributed by atoms with Crippen molar-refractivity contribution in [2.75, 3.05) is 46.0 Å². The predicted molar refractivity (Wildman–Crippen MR) is 144 cm³/mol. The van der Waals surface area contributed by atoms with Crippen molar-refractivity contribution in [3.8, 4) is 5.75 Å². The number of aromatic amines is 1. The maximum absolute atomic E-state index is 12.9. The average molecular weight is 495 g/mol. The van der Waals surface area contributed by atoms with Gasteiger partial charge in [-0.2, -0.15) is 0 Å². The number of aromatic nitrogens is 1. The molecule has 0 saturated carbocycles. The Morgan fingerprint density at radius 1 is 1.20 bits per heavy atom. The van der Waals surface area contributed by atoms with Crippen LogP contribution in [0.3, 0.4) is 0 Å². The zero-order valence-corrected chi connectivity index (χ0v) is 21.3. The van der Waals surface area contributed by atoms with E-state index in [0.717, 1.165) is 55.1 Å². The van der Waals surface area contributed by atoms with Gasteiger partial charge in [0.15, 0.2) is 5.11 Å². The lowest BCUT2D eigenvalue weighted by atomic mass is 10.1. The third-order valence-corrected chi connectivity index (χ3v) is 6.66. The fourth-order valence-corrected chi connectivity index (χ4v) is 4.58. The van der Waals surface area contributed by atoms with E-state index in [1.54, 1.807) is 0 Å². The predicted octanol–water partition coefficient (Wildman–Crippen LogP) is 3.70. The molecule has 1 atom stereocenters. The first-order valence-electron chi connectivity index (χ1n) is 12.2. The van der Waals surface area contributed by atoms with Crippen molar-refractivity contribution in [2.45, 2.75) is 26.4 Å². The Bertz CT molecular complexity index is 1180. The van der Waals surface area contributed by atoms with Gasteiger partial charge in [-0.1, -0.05) is 30.3 Å². The van der Waals surface area contributed by atoms with E-state index in [0.29, 0.717) is 30.4 Å². The lowest BCUT2D eigenvalue weighted by molar-refractivity contribution is 0.0357. The van der Waals surface area contributed by atoms with Gasteiger partial charge in [-0.05, 0) is 55.9 Å². The summed E-state index contributed by atoms with van der Waals surface area (Å²) in [5.41, 5.74) is 2.53. The first-order chi connectivity index (χ1) is 17.0. The van der Waals surface area contributed by atoms with Crippen LogP contribution >= 0.6 is 12.2 Å². The van der Waals surface area contributed by atoms with Gasteiger partial charge in [0.05, 0.1) is 32.4 Å². The molecule has 0 aliphatic carbocycles. The molecule has 1 aliphatic heterocycles. The third-order valence-electron chi connectivity index (χ3n) is 6.28. The fourth-order valence-electron chi connectivity index (χ4n) is 4.25. The first kappa shape index (κ1) is 25.2. The minimum absolute atomic E-state index is 0.0539. The van der Waals surface area contributed by atoms with Crippen molar-refractivity contribution in [3.05, 3.63) is 76.1 Å². The molecule has 1 aliphatic rings. The second-order valence-corrected chi connectivity index (χ2v) is 9.15. The van der Waals surface area contributed by atoms with Crippen LogP contribution < -0.4 is 15.6 Å². The topological polar surface area (TPSA) is 69.8 Å². The zero-order valence-electron chi connectivity index (χ0n) is 20.5. The Hall–Kier alpha value is -2.94. The molecule has 35 heavy (non-hydrogen) atoms. The molecule has 0 spiro atoms. The van der Waals surface area contributed by atoms with Crippen LogP contribution in [0.15, 0.2) is 59.4 Å². The van der Waals surface area contributed by atoms with Crippen molar-refractivity contribution in [3.63, 3.8) is 0 Å². The number of benzene rings is 2. The maximum Gasteiger partial charge on any atom is 0.253 e. The van der Waals surface area contributed by atoms with Crippen LogP contribution in [0.4, 0.5) is 0 Å². The third kappa shape index (κ3) is 6.81. The van der Waals surface area contributed by atoms with Crippen LogP contribution in [0.1, 0.15) is 31.0 Å². The van der Waals surface area contributed by atoms with Gasteiger partial charge in [0.1, 0.15) is 5.75 Å². The van der Waals surface area contributed by atoms with Crippen LogP contribution in [0.5, 0.6) is 5.75 Å². The van der Waals surface area contributed by atoms with Gasteiger partial charge in [-0.15, -0.1) is 0 Å². The van der Waals surface area contributed by atoms with Crippen molar-refractivity contribution in [1.82, 2.24) is 20.1 Å². The number of pyridine rings is 1. The summed E-state index contributed by atoms with van der Waals surface area (Å²) < 4.78 is 11.1. The van der Waals surface area contributed by atoms with Crippen LogP contribution in [0.2, 0.25) is 0 Å². The molecule has 4 rings (SSSR count). The number of H-pyrrole nitrogens is 1. The van der Waals surface area contributed by atoms with Gasteiger partial charge in [0.25, 0.3) is 5.56 Å². The number of hydrogen-bond donors (Lipinski definition) is 2. The van der Waals surface area contributed by atoms with Gasteiger partial charge in [-0.3, -0.25) is 9.69 Å². The summed E-state index contributed by atoms with van der Waals surface area (Å²) in [6.07, 6.45) is 0. The lowest BCUT2D eigenvalue weighted by Gasteiger charge is -2.32. The highest BCUT2D eigenvalue weighted by atomic mass is 32.1. The Balaban J connectivity index is 1.54. The van der Waals surface area contributed by atoms with E-state index in [1.807, 2.05) is 49.4 Å². The summed E-state index contributed by atoms with van der Waals surface area (Å²) in [4.78, 5) is 20.4. The van der Waals surface area contributed by atoms with Crippen molar-refractivity contribution >= 4 is 28.2 Å². The Kier molecular flexibility index (Phi) is 8.74. The Morgan fingerprint density at radius 2 is 1.97 bits per heavy atom. The SMILES string of the molecule is CCOc1ccc2[nH]c(=O)c(CN(CCN3CCOCC3)C(=S)N[C@H](C)c3ccccc3)cc2c1. The number of nitrogens with zero attached hydrogens (tertiary/aromatic N) is 2. The summed E-state index contributed by atoms with van der Waals surface area (Å²) in [6, 6.07) is 18.0. The van der Waals surface area contributed by atoms with Gasteiger partial charge >= 0.3 is 0 Å². The van der Waals surface area contributed by atoms with E-state index in [9.17, 15) is 4.79 Å². The molecule has 1 saturated heterocycles. The van der Waals surface area contributed by atoms with Crippen LogP contribution in [-0.4, -0.2) is 65.9 Å². The van der Waals surface area contributed by atoms with E-state index in [-0.39, 0.29) is 11.6 Å². The number of hydrogen-bond acceptors (Lipinski definition) is 5. The Labute approximate surface area is 212 Å². The number of rotatable bonds is 9. The van der Waals surface area contributed by atoms with Gasteiger partial charge in [-0.25, -0.2) is 0 Å². The molecule has 3 aromatic rings. The summed E-state index contributed by atoms with van der Waals surface area (Å²) in [5.74, 6) is 0.788. The quantitative estimate of drug-likeness (QED) is 0.440. The fraction of sp³-hybridized carbons (Fsp3) is 0.407. The molecule has 0 radical (unpaired) electrons. The zero-order chi connectivity index (χ0) is 24.6. The highest BCUT2D eigenvalue weighted by Crippen LogP contribution is 2.20. The number of ether oxygens (including phenoxy) is 2. The molecule has 1 aromatic heterocycles. The molecule has 186 valence electrons. The average Bonchev–Trinajstić information content (AvgIpc) is 2.88. The van der Waals surface area contributed by atoms with E-state index in [2.05, 4.69) is 39.2 Å². The van der Waals surface area contributed by atoms with Gasteiger partial charge < -0.3 is 24.7 Å². The van der Waals surface area contributed by atoms with E-state index in [4.69, 9.17) is 21.7 Å². The van der Waals surface area contributed by atoms with Crippen LogP contribution in [0.25, 0.3) is 10.9 Å². The molecule has 0 amide bonds. The second-order valence-electron chi connectivity index (χ2n) is 8.76. The largest absolute Gasteiger partial charge is 0.494 e. The van der Waals surface area contributed by atoms with Crippen molar-refractivity contribution in [2.24, 2.45) is 0 Å². The molecule has 7 nitrogen and oxygen atoms in total. The summed E-state index contributed by atoms with van der Waals surface area (Å²) >= 11 is 5.85. The van der Waals surface area contributed by atoms with Gasteiger partial charge in [0.2, 0.25) is 0 Å². The molecule has 1 fully saturated rings. The highest BCUT2D eigenvalue weighted by molar-refractivity contribution is 7.80. The van der Waals surface area contributed by atoms with E-state index in [1.165, 1.54) is 0 Å². The first-order valence-corrected chi connectivity index (χ1v) is 12.6. The van der Waals surface area contributed by atoms with Crippen LogP contribution in [-0.2, 0) is 11.3 Å². The van der Waals surface area contributed by atoms with Crippen molar-refractivity contribution in [1.29, 1.82) is 0 Å². The minimum atomic E-state index is -0.100. The molecule has 2 heterocycles. The molecule has 0 unspecified atom stereocenters. The Morgan fingerprint density at radius 3 is 2.71 bits per heavy atom. The smallest absolute Gasteiger partial charge is 0.253 e. The number of nitrogens with one attached hydrogen (secondary N) is 2. The molecular formula is C27H34N4O3S. The maximum atomic E-state index is 12.9. The number of thiocarbonyl (C=S) groups is 1. The standard InChI is InChI=1S/C27H34N4O3S/c1-3-34-24-9-10-25-22(18-24)17-23(26(32)29-25)19-31(12-11-30-13-15-33-16-14-30)27(35)28-20(2)21-7-5-4-6-8-21/h4-10,17-18,20H,3,11-16,19H2,1-2H3,(H,28,35)(H,29,32)/t20-/m1/s1. The normalized spacial score (nSPS) is 15.0. The minimum Gasteiger partial charge on any atom is -0.494 e. The van der Waals surface area contributed by atoms with Crippen molar-refractivity contribution < 1.29 is 9.47 Å². The highest BCUT2D eigenvalue weighted by Gasteiger charge is 2.18. The van der Waals surface area contributed by atoms with Crippen LogP contribution in [0, 0.1) is 0 Å². The lowest BCUT2D eigenvalue weighted by Crippen LogP contribution is -2.46. The summed E-state index contributed by atoms with van der Waals surface area (Å²) in [5, 5.41) is 5.04. The monoisotopic (exact) mass is 494 g/mol. The summed E-state index contributed by atoms with van der Waals surface area (Å²) in [6.45, 7) is 9.95.